The van der Waals surface area contributed by atoms with Gasteiger partial charge in [-0.3, -0.25) is 4.79 Å². The molecule has 5 rings (SSSR count). The van der Waals surface area contributed by atoms with Crippen molar-refractivity contribution >= 4 is 17.2 Å². The number of likely N-dealkylation sites (tertiary alicyclic amines) is 1. The SMILES string of the molecule is O=C(c1ccc([C@H]2CCCO2)s1)N1C[C@@H]2[C@@H]3CC[C@@H](C3)[C@@H]2C1. The summed E-state index contributed by atoms with van der Waals surface area (Å²) in [6, 6.07) is 4.13. The Morgan fingerprint density at radius 1 is 1.14 bits per heavy atom. The molecule has 1 aromatic heterocycles. The van der Waals surface area contributed by atoms with Gasteiger partial charge < -0.3 is 9.64 Å². The highest BCUT2D eigenvalue weighted by Crippen LogP contribution is 2.55. The van der Waals surface area contributed by atoms with Crippen LogP contribution < -0.4 is 0 Å². The van der Waals surface area contributed by atoms with Crippen molar-refractivity contribution in [2.24, 2.45) is 23.7 Å². The van der Waals surface area contributed by atoms with Crippen LogP contribution in [-0.4, -0.2) is 30.5 Å². The molecule has 0 spiro atoms. The van der Waals surface area contributed by atoms with E-state index in [1.807, 2.05) is 6.07 Å². The highest BCUT2D eigenvalue weighted by Gasteiger charge is 2.52. The fourth-order valence-electron chi connectivity index (χ4n) is 5.45. The van der Waals surface area contributed by atoms with Crippen LogP contribution in [0.2, 0.25) is 0 Å². The van der Waals surface area contributed by atoms with Crippen LogP contribution in [0.4, 0.5) is 0 Å². The second kappa shape index (κ2) is 5.07. The third-order valence-corrected chi connectivity index (χ3v) is 7.67. The Labute approximate surface area is 135 Å². The maximum atomic E-state index is 12.8. The van der Waals surface area contributed by atoms with Crippen molar-refractivity contribution in [3.05, 3.63) is 21.9 Å². The van der Waals surface area contributed by atoms with E-state index in [2.05, 4.69) is 11.0 Å². The Hall–Kier alpha value is -0.870. The van der Waals surface area contributed by atoms with Gasteiger partial charge in [0, 0.05) is 24.6 Å². The van der Waals surface area contributed by atoms with Crippen molar-refractivity contribution in [2.45, 2.75) is 38.2 Å². The summed E-state index contributed by atoms with van der Waals surface area (Å²) in [4.78, 5) is 17.1. The number of nitrogens with zero attached hydrogens (tertiary/aromatic N) is 1. The highest BCUT2D eigenvalue weighted by molar-refractivity contribution is 7.14. The first kappa shape index (κ1) is 13.6. The molecule has 5 atom stereocenters. The van der Waals surface area contributed by atoms with E-state index in [1.165, 1.54) is 24.1 Å². The lowest BCUT2D eigenvalue weighted by Gasteiger charge is -2.22. The number of hydrogen-bond acceptors (Lipinski definition) is 3. The zero-order chi connectivity index (χ0) is 14.7. The number of rotatable bonds is 2. The Balaban J connectivity index is 1.31. The predicted octanol–water partition coefficient (Wildman–Crippen LogP) is 3.72. The van der Waals surface area contributed by atoms with Gasteiger partial charge in [0.2, 0.25) is 0 Å². The second-order valence-corrected chi connectivity index (χ2v) is 8.69. The molecule has 1 amide bonds. The molecule has 0 radical (unpaired) electrons. The summed E-state index contributed by atoms with van der Waals surface area (Å²) in [6.45, 7) is 2.89. The summed E-state index contributed by atoms with van der Waals surface area (Å²) in [7, 11) is 0. The molecule has 2 aliphatic heterocycles. The van der Waals surface area contributed by atoms with Crippen LogP contribution in [-0.2, 0) is 4.74 Å². The molecule has 0 unspecified atom stereocenters. The van der Waals surface area contributed by atoms with E-state index in [0.717, 1.165) is 61.1 Å². The minimum atomic E-state index is 0.236. The standard InChI is InChI=1S/C18H23NO2S/c20-18(17-6-5-16(22-17)15-2-1-7-21-15)19-9-13-11-3-4-12(8-11)14(13)10-19/h5-6,11-15H,1-4,7-10H2/t11-,12+,13-,14+,15-/m1/s1. The smallest absolute Gasteiger partial charge is 0.263 e. The quantitative estimate of drug-likeness (QED) is 0.832. The zero-order valence-electron chi connectivity index (χ0n) is 12.9. The number of fused-ring (bicyclic) bond motifs is 5. The van der Waals surface area contributed by atoms with Crippen molar-refractivity contribution in [3.63, 3.8) is 0 Å². The van der Waals surface area contributed by atoms with E-state index < -0.39 is 0 Å². The van der Waals surface area contributed by atoms with Crippen LogP contribution in [0.1, 0.15) is 52.8 Å². The van der Waals surface area contributed by atoms with Crippen molar-refractivity contribution < 1.29 is 9.53 Å². The van der Waals surface area contributed by atoms with Gasteiger partial charge in [-0.05, 0) is 67.9 Å². The van der Waals surface area contributed by atoms with Crippen LogP contribution in [0.5, 0.6) is 0 Å². The van der Waals surface area contributed by atoms with Crippen molar-refractivity contribution in [3.8, 4) is 0 Å². The first-order valence-corrected chi connectivity index (χ1v) is 9.62. The summed E-state index contributed by atoms with van der Waals surface area (Å²) in [5.41, 5.74) is 0. The normalized spacial score (nSPS) is 39.6. The maximum Gasteiger partial charge on any atom is 0.263 e. The molecule has 1 aromatic rings. The molecule has 3 nitrogen and oxygen atoms in total. The average Bonchev–Trinajstić information content (AvgIpc) is 3.35. The molecule has 0 aromatic carbocycles. The molecule has 0 N–H and O–H groups in total. The van der Waals surface area contributed by atoms with Crippen molar-refractivity contribution in [1.82, 2.24) is 4.90 Å². The first-order chi connectivity index (χ1) is 10.8. The van der Waals surface area contributed by atoms with Gasteiger partial charge in [-0.15, -0.1) is 11.3 Å². The molecule has 2 bridgehead atoms. The Bertz CT molecular complexity index is 574. The summed E-state index contributed by atoms with van der Waals surface area (Å²) < 4.78 is 5.74. The molecule has 4 fully saturated rings. The molecule has 118 valence electrons. The highest BCUT2D eigenvalue weighted by atomic mass is 32.1. The molecular weight excluding hydrogens is 294 g/mol. The van der Waals surface area contributed by atoms with Crippen LogP contribution in [0.15, 0.2) is 12.1 Å². The number of carbonyl (C=O) groups excluding carboxylic acids is 1. The topological polar surface area (TPSA) is 29.5 Å². The monoisotopic (exact) mass is 317 g/mol. The van der Waals surface area contributed by atoms with E-state index >= 15 is 0 Å². The Kier molecular flexibility index (Phi) is 3.12. The summed E-state index contributed by atoms with van der Waals surface area (Å²) in [5.74, 6) is 3.71. The molecule has 2 saturated heterocycles. The van der Waals surface area contributed by atoms with Gasteiger partial charge in [-0.1, -0.05) is 0 Å². The third-order valence-electron chi connectivity index (χ3n) is 6.51. The van der Waals surface area contributed by atoms with Gasteiger partial charge in [0.05, 0.1) is 11.0 Å². The molecule has 2 saturated carbocycles. The maximum absolute atomic E-state index is 12.8. The first-order valence-electron chi connectivity index (χ1n) is 8.80. The van der Waals surface area contributed by atoms with Crippen LogP contribution in [0, 0.1) is 23.7 Å². The number of amides is 1. The lowest BCUT2D eigenvalue weighted by molar-refractivity contribution is 0.0781. The lowest BCUT2D eigenvalue weighted by atomic mass is 9.82. The molecular formula is C18H23NO2S. The van der Waals surface area contributed by atoms with E-state index in [0.29, 0.717) is 0 Å². The van der Waals surface area contributed by atoms with Gasteiger partial charge in [0.25, 0.3) is 5.91 Å². The largest absolute Gasteiger partial charge is 0.373 e. The Morgan fingerprint density at radius 3 is 2.59 bits per heavy atom. The molecule has 3 heterocycles. The van der Waals surface area contributed by atoms with Gasteiger partial charge in [0.1, 0.15) is 0 Å². The van der Waals surface area contributed by atoms with Crippen molar-refractivity contribution in [1.29, 1.82) is 0 Å². The predicted molar refractivity (Wildman–Crippen MR) is 86.0 cm³/mol. The summed E-state index contributed by atoms with van der Waals surface area (Å²) in [5, 5.41) is 0. The molecule has 4 aliphatic rings. The van der Waals surface area contributed by atoms with Crippen LogP contribution in [0.3, 0.4) is 0 Å². The molecule has 4 heteroatoms. The van der Waals surface area contributed by atoms with Gasteiger partial charge in [-0.2, -0.15) is 0 Å². The van der Waals surface area contributed by atoms with E-state index in [9.17, 15) is 4.79 Å². The average molecular weight is 317 g/mol. The third kappa shape index (κ3) is 2.00. The number of carbonyl (C=O) groups is 1. The van der Waals surface area contributed by atoms with E-state index in [1.54, 1.807) is 11.3 Å². The van der Waals surface area contributed by atoms with Crippen molar-refractivity contribution in [2.75, 3.05) is 19.7 Å². The number of thiophene rings is 1. The Morgan fingerprint density at radius 2 is 1.91 bits per heavy atom. The number of hydrogen-bond donors (Lipinski definition) is 0. The zero-order valence-corrected chi connectivity index (χ0v) is 13.7. The summed E-state index contributed by atoms with van der Waals surface area (Å²) >= 11 is 1.65. The fraction of sp³-hybridized carbons (Fsp3) is 0.722. The van der Waals surface area contributed by atoms with E-state index in [-0.39, 0.29) is 12.0 Å². The minimum Gasteiger partial charge on any atom is -0.373 e. The van der Waals surface area contributed by atoms with Gasteiger partial charge >= 0.3 is 0 Å². The number of ether oxygens (including phenoxy) is 1. The van der Waals surface area contributed by atoms with Crippen LogP contribution >= 0.6 is 11.3 Å². The lowest BCUT2D eigenvalue weighted by Crippen LogP contribution is -2.29. The van der Waals surface area contributed by atoms with Gasteiger partial charge in [0.15, 0.2) is 0 Å². The molecule has 22 heavy (non-hydrogen) atoms. The van der Waals surface area contributed by atoms with Gasteiger partial charge in [-0.25, -0.2) is 0 Å². The summed E-state index contributed by atoms with van der Waals surface area (Å²) in [6.07, 6.45) is 6.75. The van der Waals surface area contributed by atoms with E-state index in [4.69, 9.17) is 4.74 Å². The fourth-order valence-corrected chi connectivity index (χ4v) is 6.51. The second-order valence-electron chi connectivity index (χ2n) is 7.57. The minimum absolute atomic E-state index is 0.236. The van der Waals surface area contributed by atoms with Crippen LogP contribution in [0.25, 0.3) is 0 Å². The molecule has 2 aliphatic carbocycles.